The van der Waals surface area contributed by atoms with E-state index in [1.807, 2.05) is 20.8 Å². The Morgan fingerprint density at radius 3 is 2.06 bits per heavy atom. The van der Waals surface area contributed by atoms with Gasteiger partial charge in [0.2, 0.25) is 0 Å². The van der Waals surface area contributed by atoms with Gasteiger partial charge in [0, 0.05) is 22.9 Å². The Bertz CT molecular complexity index is 257. The van der Waals surface area contributed by atoms with Crippen LogP contribution in [0.2, 0.25) is 0 Å². The van der Waals surface area contributed by atoms with Gasteiger partial charge >= 0.3 is 0 Å². The van der Waals surface area contributed by atoms with Gasteiger partial charge in [-0.15, -0.1) is 0 Å². The first-order chi connectivity index (χ1) is 7.09. The molecule has 1 aliphatic carbocycles. The molecule has 94 valence electrons. The third-order valence-electron chi connectivity index (χ3n) is 3.18. The molecule has 0 saturated heterocycles. The van der Waals surface area contributed by atoms with Crippen LogP contribution in [0.1, 0.15) is 60.8 Å². The molecule has 0 radical (unpaired) electrons. The molecule has 16 heavy (non-hydrogen) atoms. The molecule has 0 amide bonds. The lowest BCUT2D eigenvalue weighted by atomic mass is 9.82. The third kappa shape index (κ3) is 3.89. The molecule has 0 heterocycles. The summed E-state index contributed by atoms with van der Waals surface area (Å²) < 4.78 is 0. The van der Waals surface area contributed by atoms with Gasteiger partial charge in [-0.2, -0.15) is 0 Å². The molecule has 1 N–H and O–H groups in total. The number of carbonyl (C=O) groups is 1. The molecule has 2 atom stereocenters. The molecular formula is C14H27NO. The van der Waals surface area contributed by atoms with Gasteiger partial charge in [0.1, 0.15) is 5.78 Å². The zero-order chi connectivity index (χ0) is 12.6. The van der Waals surface area contributed by atoms with Crippen LogP contribution in [0.3, 0.4) is 0 Å². The highest BCUT2D eigenvalue weighted by Crippen LogP contribution is 2.33. The second-order valence-corrected chi connectivity index (χ2v) is 7.22. The Labute approximate surface area is 100 Å². The molecule has 0 bridgehead atoms. The summed E-state index contributed by atoms with van der Waals surface area (Å²) in [5, 5.41) is 3.60. The van der Waals surface area contributed by atoms with Crippen molar-refractivity contribution in [1.29, 1.82) is 0 Å². The quantitative estimate of drug-likeness (QED) is 0.782. The maximum atomic E-state index is 12.2. The average molecular weight is 225 g/mol. The summed E-state index contributed by atoms with van der Waals surface area (Å²) in [5.41, 5.74) is -0.0222. The molecule has 1 fully saturated rings. The maximum Gasteiger partial charge on any atom is 0.141 e. The summed E-state index contributed by atoms with van der Waals surface area (Å²) in [6.07, 6.45) is 3.22. The standard InChI is InChI=1S/C14H27NO/c1-13(2,3)12(16)10-7-8-11(9-10)15-14(4,5)6/h10-11,15H,7-9H2,1-6H3/t10-,11+/m1/s1. The van der Waals surface area contributed by atoms with Crippen molar-refractivity contribution in [2.24, 2.45) is 11.3 Å². The number of rotatable bonds is 2. The van der Waals surface area contributed by atoms with Crippen molar-refractivity contribution in [2.45, 2.75) is 72.4 Å². The molecule has 0 aromatic carbocycles. The van der Waals surface area contributed by atoms with E-state index >= 15 is 0 Å². The van der Waals surface area contributed by atoms with E-state index in [0.717, 1.165) is 19.3 Å². The van der Waals surface area contributed by atoms with Crippen LogP contribution >= 0.6 is 0 Å². The first-order valence-corrected chi connectivity index (χ1v) is 6.41. The average Bonchev–Trinajstić information content (AvgIpc) is 2.46. The van der Waals surface area contributed by atoms with E-state index < -0.39 is 0 Å². The molecule has 0 aliphatic heterocycles. The van der Waals surface area contributed by atoms with E-state index in [0.29, 0.717) is 11.8 Å². The van der Waals surface area contributed by atoms with Crippen LogP contribution in [0.15, 0.2) is 0 Å². The Morgan fingerprint density at radius 2 is 1.62 bits per heavy atom. The van der Waals surface area contributed by atoms with Crippen LogP contribution in [0.25, 0.3) is 0 Å². The van der Waals surface area contributed by atoms with Gasteiger partial charge in [-0.05, 0) is 40.0 Å². The number of ketones is 1. The Hall–Kier alpha value is -0.370. The minimum atomic E-state index is -0.179. The van der Waals surface area contributed by atoms with E-state index in [9.17, 15) is 4.79 Å². The van der Waals surface area contributed by atoms with E-state index in [2.05, 4.69) is 26.1 Å². The minimum absolute atomic E-state index is 0.157. The fraction of sp³-hybridized carbons (Fsp3) is 0.929. The van der Waals surface area contributed by atoms with Crippen molar-refractivity contribution >= 4 is 5.78 Å². The molecule has 0 aromatic heterocycles. The van der Waals surface area contributed by atoms with Crippen LogP contribution in [0, 0.1) is 11.3 Å². The highest BCUT2D eigenvalue weighted by molar-refractivity contribution is 5.86. The van der Waals surface area contributed by atoms with Gasteiger partial charge in [-0.3, -0.25) is 4.79 Å². The highest BCUT2D eigenvalue weighted by Gasteiger charge is 2.36. The lowest BCUT2D eigenvalue weighted by Gasteiger charge is -2.26. The van der Waals surface area contributed by atoms with Gasteiger partial charge in [-0.25, -0.2) is 0 Å². The number of carbonyl (C=O) groups excluding carboxylic acids is 1. The molecule has 0 unspecified atom stereocenters. The number of Topliss-reactive ketones (excluding diaryl/α,β-unsaturated/α-hetero) is 1. The zero-order valence-corrected chi connectivity index (χ0v) is 11.7. The second-order valence-electron chi connectivity index (χ2n) is 7.22. The SMILES string of the molecule is CC(C)(C)N[C@H]1CC[C@@H](C(=O)C(C)(C)C)C1. The summed E-state index contributed by atoms with van der Waals surface area (Å²) in [6.45, 7) is 12.6. The van der Waals surface area contributed by atoms with E-state index in [4.69, 9.17) is 0 Å². The monoisotopic (exact) mass is 225 g/mol. The second kappa shape index (κ2) is 4.48. The predicted molar refractivity (Wildman–Crippen MR) is 68.5 cm³/mol. The lowest BCUT2D eigenvalue weighted by molar-refractivity contribution is -0.130. The topological polar surface area (TPSA) is 29.1 Å². The van der Waals surface area contributed by atoms with Crippen molar-refractivity contribution in [1.82, 2.24) is 5.32 Å². The van der Waals surface area contributed by atoms with Crippen LogP contribution in [-0.2, 0) is 4.79 Å². The number of hydrogen-bond donors (Lipinski definition) is 1. The van der Waals surface area contributed by atoms with E-state index in [-0.39, 0.29) is 16.9 Å². The van der Waals surface area contributed by atoms with Crippen molar-refractivity contribution in [3.05, 3.63) is 0 Å². The summed E-state index contributed by atoms with van der Waals surface area (Å²) in [7, 11) is 0. The van der Waals surface area contributed by atoms with Gasteiger partial charge in [-0.1, -0.05) is 20.8 Å². The first kappa shape index (κ1) is 13.7. The van der Waals surface area contributed by atoms with Crippen LogP contribution in [-0.4, -0.2) is 17.4 Å². The molecule has 1 saturated carbocycles. The van der Waals surface area contributed by atoms with Crippen molar-refractivity contribution in [3.8, 4) is 0 Å². The molecule has 2 heteroatoms. The smallest absolute Gasteiger partial charge is 0.141 e. The van der Waals surface area contributed by atoms with E-state index in [1.54, 1.807) is 0 Å². The normalized spacial score (nSPS) is 27.1. The lowest BCUT2D eigenvalue weighted by Crippen LogP contribution is -2.42. The predicted octanol–water partition coefficient (Wildman–Crippen LogP) is 3.16. The van der Waals surface area contributed by atoms with Gasteiger partial charge in [0.25, 0.3) is 0 Å². The maximum absolute atomic E-state index is 12.2. The third-order valence-corrected chi connectivity index (χ3v) is 3.18. The molecular weight excluding hydrogens is 198 g/mol. The van der Waals surface area contributed by atoms with Crippen LogP contribution in [0.5, 0.6) is 0 Å². The van der Waals surface area contributed by atoms with E-state index in [1.165, 1.54) is 0 Å². The molecule has 1 aliphatic rings. The first-order valence-electron chi connectivity index (χ1n) is 6.41. The zero-order valence-electron chi connectivity index (χ0n) is 11.7. The Balaban J connectivity index is 2.50. The van der Waals surface area contributed by atoms with Gasteiger partial charge in [0.05, 0.1) is 0 Å². The summed E-state index contributed by atoms with van der Waals surface area (Å²) in [6, 6.07) is 0.524. The van der Waals surface area contributed by atoms with Crippen molar-refractivity contribution in [2.75, 3.05) is 0 Å². The molecule has 1 rings (SSSR count). The molecule has 2 nitrogen and oxygen atoms in total. The summed E-state index contributed by atoms with van der Waals surface area (Å²) in [4.78, 5) is 12.2. The fourth-order valence-electron chi connectivity index (χ4n) is 2.58. The summed E-state index contributed by atoms with van der Waals surface area (Å²) in [5.74, 6) is 0.713. The largest absolute Gasteiger partial charge is 0.309 e. The molecule has 0 aromatic rings. The molecule has 0 spiro atoms. The van der Waals surface area contributed by atoms with Crippen molar-refractivity contribution < 1.29 is 4.79 Å². The van der Waals surface area contributed by atoms with Crippen molar-refractivity contribution in [3.63, 3.8) is 0 Å². The fourth-order valence-corrected chi connectivity index (χ4v) is 2.58. The van der Waals surface area contributed by atoms with Gasteiger partial charge in [0.15, 0.2) is 0 Å². The highest BCUT2D eigenvalue weighted by atomic mass is 16.1. The Kier molecular flexibility index (Phi) is 3.83. The Morgan fingerprint density at radius 1 is 1.06 bits per heavy atom. The minimum Gasteiger partial charge on any atom is -0.309 e. The number of nitrogens with one attached hydrogen (secondary N) is 1. The van der Waals surface area contributed by atoms with Gasteiger partial charge < -0.3 is 5.32 Å². The number of hydrogen-bond acceptors (Lipinski definition) is 2. The summed E-state index contributed by atoms with van der Waals surface area (Å²) >= 11 is 0. The van der Waals surface area contributed by atoms with Crippen LogP contribution in [0.4, 0.5) is 0 Å². The van der Waals surface area contributed by atoms with Crippen LogP contribution < -0.4 is 5.32 Å².